The number of hydrogen-bond donors (Lipinski definition) is 1. The number of quaternary nitrogens is 1. The van der Waals surface area contributed by atoms with Gasteiger partial charge in [0.05, 0.1) is 19.6 Å². The summed E-state index contributed by atoms with van der Waals surface area (Å²) >= 11 is 0. The van der Waals surface area contributed by atoms with E-state index in [-0.39, 0.29) is 11.9 Å². The second-order valence-electron chi connectivity index (χ2n) is 6.26. The predicted molar refractivity (Wildman–Crippen MR) is 80.6 cm³/mol. The van der Waals surface area contributed by atoms with E-state index in [1.54, 1.807) is 0 Å². The van der Waals surface area contributed by atoms with Crippen molar-refractivity contribution in [1.82, 2.24) is 4.90 Å². The summed E-state index contributed by atoms with van der Waals surface area (Å²) in [6.45, 7) is 10.9. The molecule has 0 spiro atoms. The Bertz CT molecular complexity index is 475. The number of rotatable bonds is 3. The highest BCUT2D eigenvalue weighted by Gasteiger charge is 2.45. The Morgan fingerprint density at radius 3 is 2.25 bits per heavy atom. The van der Waals surface area contributed by atoms with E-state index in [4.69, 9.17) is 0 Å². The number of amides is 1. The Morgan fingerprint density at radius 2 is 1.70 bits per heavy atom. The number of nitrogens with zero attached hydrogens (tertiary/aromatic N) is 2. The van der Waals surface area contributed by atoms with E-state index in [2.05, 4.69) is 24.1 Å². The van der Waals surface area contributed by atoms with Crippen molar-refractivity contribution in [3.63, 3.8) is 0 Å². The Morgan fingerprint density at radius 1 is 1.15 bits per heavy atom. The van der Waals surface area contributed by atoms with Gasteiger partial charge in [-0.2, -0.15) is 0 Å². The number of nitrogens with one attached hydrogen (secondary N) is 1. The molecule has 3 heterocycles. The van der Waals surface area contributed by atoms with Crippen molar-refractivity contribution >= 4 is 11.6 Å². The smallest absolute Gasteiger partial charge is 0.282 e. The van der Waals surface area contributed by atoms with Crippen molar-refractivity contribution in [2.45, 2.75) is 19.9 Å². The third-order valence-corrected chi connectivity index (χ3v) is 5.10. The Kier molecular flexibility index (Phi) is 3.52. The first-order valence-corrected chi connectivity index (χ1v) is 7.55. The Labute approximate surface area is 121 Å². The zero-order chi connectivity index (χ0) is 14.2. The molecule has 4 rings (SSSR count). The molecule has 0 unspecified atom stereocenters. The Balaban J connectivity index is 1.68. The lowest BCUT2D eigenvalue weighted by molar-refractivity contribution is -0.953. The lowest BCUT2D eigenvalue weighted by atomic mass is 10.1. The van der Waals surface area contributed by atoms with Crippen LogP contribution in [-0.2, 0) is 4.79 Å². The quantitative estimate of drug-likeness (QED) is 0.847. The van der Waals surface area contributed by atoms with E-state index >= 15 is 0 Å². The molecule has 4 nitrogen and oxygen atoms in total. The monoisotopic (exact) mass is 274 g/mol. The van der Waals surface area contributed by atoms with Crippen LogP contribution in [0.4, 0.5) is 5.69 Å². The zero-order valence-electron chi connectivity index (χ0n) is 12.4. The van der Waals surface area contributed by atoms with Crippen LogP contribution >= 0.6 is 0 Å². The summed E-state index contributed by atoms with van der Waals surface area (Å²) in [5.74, 6) is 0.157. The molecule has 1 N–H and O–H groups in total. The summed E-state index contributed by atoms with van der Waals surface area (Å²) < 4.78 is 0.966. The van der Waals surface area contributed by atoms with E-state index < -0.39 is 0 Å². The van der Waals surface area contributed by atoms with E-state index in [1.165, 1.54) is 5.56 Å². The van der Waals surface area contributed by atoms with Crippen LogP contribution in [0.25, 0.3) is 0 Å². The van der Waals surface area contributed by atoms with Gasteiger partial charge in [0.2, 0.25) is 0 Å². The molecule has 3 aliphatic rings. The summed E-state index contributed by atoms with van der Waals surface area (Å²) in [4.78, 5) is 15.0. The van der Waals surface area contributed by atoms with Crippen LogP contribution in [0.5, 0.6) is 0 Å². The maximum atomic E-state index is 12.5. The normalized spacial score (nSPS) is 30.0. The van der Waals surface area contributed by atoms with Crippen molar-refractivity contribution in [3.05, 3.63) is 29.8 Å². The Hall–Kier alpha value is -1.39. The fourth-order valence-electron chi connectivity index (χ4n) is 3.41. The van der Waals surface area contributed by atoms with E-state index in [1.807, 2.05) is 24.3 Å². The second kappa shape index (κ2) is 5.19. The van der Waals surface area contributed by atoms with Crippen molar-refractivity contribution in [1.29, 1.82) is 0 Å². The van der Waals surface area contributed by atoms with Gasteiger partial charge in [0.1, 0.15) is 0 Å². The molecular formula is C16H24N3O+. The van der Waals surface area contributed by atoms with E-state index in [0.717, 1.165) is 49.4 Å². The van der Waals surface area contributed by atoms with Gasteiger partial charge in [0, 0.05) is 25.3 Å². The first-order valence-electron chi connectivity index (χ1n) is 7.55. The molecule has 2 bridgehead atoms. The topological polar surface area (TPSA) is 32.3 Å². The van der Waals surface area contributed by atoms with Crippen LogP contribution in [0.3, 0.4) is 0 Å². The number of hydrogen-bond acceptors (Lipinski definition) is 2. The van der Waals surface area contributed by atoms with Crippen molar-refractivity contribution < 1.29 is 9.28 Å². The highest BCUT2D eigenvalue weighted by Crippen LogP contribution is 2.24. The van der Waals surface area contributed by atoms with Gasteiger partial charge in [-0.15, -0.1) is 0 Å². The maximum absolute atomic E-state index is 12.5. The molecule has 3 saturated heterocycles. The summed E-state index contributed by atoms with van der Waals surface area (Å²) in [5, 5.41) is 3.07. The molecule has 0 aromatic heterocycles. The summed E-state index contributed by atoms with van der Waals surface area (Å²) in [5.41, 5.74) is 2.12. The molecule has 1 atom stereocenters. The molecule has 20 heavy (non-hydrogen) atoms. The average molecular weight is 274 g/mol. The van der Waals surface area contributed by atoms with Crippen molar-refractivity contribution in [2.24, 2.45) is 0 Å². The summed E-state index contributed by atoms with van der Waals surface area (Å²) in [7, 11) is 0. The fourth-order valence-corrected chi connectivity index (χ4v) is 3.41. The standard InChI is InChI=1S/C16H23N3O/c1-13-3-5-15(6-4-13)17-16(20)14(2)19-10-7-18(8-11-19)9-12-19/h3-6,14H,7-12H2,1-2H3/p+1/t14-/m0/s1. The molecule has 3 fully saturated rings. The minimum absolute atomic E-state index is 0.0405. The first kappa shape index (κ1) is 13.6. The van der Waals surface area contributed by atoms with E-state index in [0.29, 0.717) is 0 Å². The summed E-state index contributed by atoms with van der Waals surface area (Å²) in [6.07, 6.45) is 0. The third-order valence-electron chi connectivity index (χ3n) is 5.10. The molecule has 0 aliphatic carbocycles. The van der Waals surface area contributed by atoms with Crippen LogP contribution in [0.1, 0.15) is 12.5 Å². The number of carbonyl (C=O) groups is 1. The highest BCUT2D eigenvalue weighted by atomic mass is 16.2. The number of piperazine rings is 3. The molecule has 3 aliphatic heterocycles. The van der Waals surface area contributed by atoms with Gasteiger partial charge in [-0.3, -0.25) is 9.69 Å². The predicted octanol–water partition coefficient (Wildman–Crippen LogP) is 1.47. The molecule has 0 saturated carbocycles. The van der Waals surface area contributed by atoms with Gasteiger partial charge < -0.3 is 9.80 Å². The van der Waals surface area contributed by atoms with Crippen molar-refractivity contribution in [3.8, 4) is 0 Å². The van der Waals surface area contributed by atoms with Crippen LogP contribution in [0.2, 0.25) is 0 Å². The van der Waals surface area contributed by atoms with Gasteiger partial charge in [-0.25, -0.2) is 0 Å². The molecule has 108 valence electrons. The fraction of sp³-hybridized carbons (Fsp3) is 0.562. The van der Waals surface area contributed by atoms with Crippen LogP contribution in [0.15, 0.2) is 24.3 Å². The number of carbonyl (C=O) groups excluding carboxylic acids is 1. The van der Waals surface area contributed by atoms with Crippen LogP contribution in [-0.4, -0.2) is 60.6 Å². The average Bonchev–Trinajstić information content (AvgIpc) is 2.50. The SMILES string of the molecule is Cc1ccc(NC(=O)[C@H](C)[N+]23CCN(CC2)CC3)cc1. The minimum atomic E-state index is 0.0405. The van der Waals surface area contributed by atoms with Crippen molar-refractivity contribution in [2.75, 3.05) is 44.6 Å². The second-order valence-corrected chi connectivity index (χ2v) is 6.26. The largest absolute Gasteiger partial charge is 0.321 e. The molecule has 1 amide bonds. The molecular weight excluding hydrogens is 250 g/mol. The van der Waals surface area contributed by atoms with Gasteiger partial charge in [-0.05, 0) is 26.0 Å². The van der Waals surface area contributed by atoms with Crippen LogP contribution < -0.4 is 5.32 Å². The highest BCUT2D eigenvalue weighted by molar-refractivity contribution is 5.93. The lowest BCUT2D eigenvalue weighted by Crippen LogP contribution is -2.72. The van der Waals surface area contributed by atoms with Gasteiger partial charge in [-0.1, -0.05) is 17.7 Å². The van der Waals surface area contributed by atoms with Gasteiger partial charge in [0.15, 0.2) is 6.04 Å². The number of benzene rings is 1. The van der Waals surface area contributed by atoms with E-state index in [9.17, 15) is 4.79 Å². The van der Waals surface area contributed by atoms with Gasteiger partial charge in [0.25, 0.3) is 5.91 Å². The molecule has 0 radical (unpaired) electrons. The number of aryl methyl sites for hydroxylation is 1. The first-order chi connectivity index (χ1) is 9.59. The zero-order valence-corrected chi connectivity index (χ0v) is 12.4. The third kappa shape index (κ3) is 2.45. The lowest BCUT2D eigenvalue weighted by Gasteiger charge is -2.52. The number of anilines is 1. The molecule has 4 heteroatoms. The van der Waals surface area contributed by atoms with Gasteiger partial charge >= 0.3 is 0 Å². The maximum Gasteiger partial charge on any atom is 0.282 e. The minimum Gasteiger partial charge on any atom is -0.321 e. The molecule has 1 aromatic rings. The molecule has 1 aromatic carbocycles. The number of fused-ring (bicyclic) bond motifs is 3. The van der Waals surface area contributed by atoms with Crippen LogP contribution in [0, 0.1) is 6.92 Å². The summed E-state index contributed by atoms with van der Waals surface area (Å²) in [6, 6.07) is 8.07.